The molecule has 1 aromatic carbocycles. The van der Waals surface area contributed by atoms with Gasteiger partial charge in [-0.1, -0.05) is 0 Å². The van der Waals surface area contributed by atoms with Crippen molar-refractivity contribution in [2.24, 2.45) is 0 Å². The second-order valence-corrected chi connectivity index (χ2v) is 6.95. The molecule has 0 spiro atoms. The van der Waals surface area contributed by atoms with E-state index in [2.05, 4.69) is 10.0 Å². The van der Waals surface area contributed by atoms with Crippen LogP contribution >= 0.6 is 0 Å². The number of nitrogens with one attached hydrogen (secondary N) is 2. The van der Waals surface area contributed by atoms with Crippen molar-refractivity contribution in [2.45, 2.75) is 25.3 Å². The van der Waals surface area contributed by atoms with Gasteiger partial charge in [0, 0.05) is 24.2 Å². The zero-order valence-corrected chi connectivity index (χ0v) is 13.2. The van der Waals surface area contributed by atoms with Gasteiger partial charge in [-0.05, 0) is 25.8 Å². The van der Waals surface area contributed by atoms with Crippen molar-refractivity contribution >= 4 is 15.7 Å². The number of methoxy groups -OCH3 is 2. The second-order valence-electron chi connectivity index (χ2n) is 5.10. The van der Waals surface area contributed by atoms with E-state index >= 15 is 0 Å². The fourth-order valence-corrected chi connectivity index (χ4v) is 3.06. The molecule has 1 aromatic rings. The molecular formula is C14H22N2O4S. The first kappa shape index (κ1) is 15.9. The van der Waals surface area contributed by atoms with E-state index in [9.17, 15) is 8.42 Å². The van der Waals surface area contributed by atoms with E-state index in [-0.39, 0.29) is 5.75 Å². The molecule has 0 atom stereocenters. The van der Waals surface area contributed by atoms with Crippen LogP contribution < -0.4 is 19.5 Å². The summed E-state index contributed by atoms with van der Waals surface area (Å²) >= 11 is 0. The van der Waals surface area contributed by atoms with Gasteiger partial charge in [0.15, 0.2) is 0 Å². The Labute approximate surface area is 125 Å². The second kappa shape index (κ2) is 7.00. The first-order valence-corrected chi connectivity index (χ1v) is 8.64. The topological polar surface area (TPSA) is 76.7 Å². The van der Waals surface area contributed by atoms with Crippen molar-refractivity contribution in [3.05, 3.63) is 18.2 Å². The Morgan fingerprint density at radius 2 is 1.76 bits per heavy atom. The third-order valence-electron chi connectivity index (χ3n) is 3.23. The molecule has 2 rings (SSSR count). The van der Waals surface area contributed by atoms with Gasteiger partial charge < -0.3 is 14.8 Å². The summed E-state index contributed by atoms with van der Waals surface area (Å²) in [6.07, 6.45) is 3.00. The van der Waals surface area contributed by atoms with Crippen LogP contribution in [0.25, 0.3) is 0 Å². The van der Waals surface area contributed by atoms with Crippen LogP contribution in [0.15, 0.2) is 18.2 Å². The van der Waals surface area contributed by atoms with Gasteiger partial charge in [-0.2, -0.15) is 0 Å². The summed E-state index contributed by atoms with van der Waals surface area (Å²) in [4.78, 5) is 0. The molecule has 1 aliphatic rings. The Morgan fingerprint density at radius 3 is 2.29 bits per heavy atom. The lowest BCUT2D eigenvalue weighted by atomic mass is 10.3. The molecule has 1 fully saturated rings. The van der Waals surface area contributed by atoms with Gasteiger partial charge in [0.1, 0.15) is 11.5 Å². The third-order valence-corrected chi connectivity index (χ3v) is 4.60. The van der Waals surface area contributed by atoms with Crippen LogP contribution in [0.1, 0.15) is 19.3 Å². The van der Waals surface area contributed by atoms with Crippen molar-refractivity contribution in [2.75, 3.05) is 31.2 Å². The quantitative estimate of drug-likeness (QED) is 0.677. The smallest absolute Gasteiger partial charge is 0.232 e. The number of hydrogen-bond acceptors (Lipinski definition) is 5. The molecule has 6 nitrogen and oxygen atoms in total. The number of benzene rings is 1. The van der Waals surface area contributed by atoms with Crippen LogP contribution in [-0.2, 0) is 10.0 Å². The lowest BCUT2D eigenvalue weighted by Gasteiger charge is -2.11. The molecule has 0 unspecified atom stereocenters. The summed E-state index contributed by atoms with van der Waals surface area (Å²) in [5, 5.41) is 3.30. The lowest BCUT2D eigenvalue weighted by molar-refractivity contribution is 0.395. The first-order valence-electron chi connectivity index (χ1n) is 6.99. The lowest BCUT2D eigenvalue weighted by Crippen LogP contribution is -2.23. The predicted octanol–water partition coefficient (Wildman–Crippen LogP) is 1.59. The van der Waals surface area contributed by atoms with Gasteiger partial charge in [-0.25, -0.2) is 8.42 Å². The monoisotopic (exact) mass is 314 g/mol. The minimum atomic E-state index is -3.36. The Kier molecular flexibility index (Phi) is 5.30. The van der Waals surface area contributed by atoms with Crippen LogP contribution in [0, 0.1) is 0 Å². The van der Waals surface area contributed by atoms with Gasteiger partial charge >= 0.3 is 0 Å². The zero-order chi connectivity index (χ0) is 15.3. The van der Waals surface area contributed by atoms with E-state index in [0.29, 0.717) is 29.6 Å². The Balaban J connectivity index is 1.91. The van der Waals surface area contributed by atoms with E-state index < -0.39 is 10.0 Å². The number of ether oxygens (including phenoxy) is 2. The van der Waals surface area contributed by atoms with Crippen LogP contribution in [-0.4, -0.2) is 41.0 Å². The van der Waals surface area contributed by atoms with Crippen molar-refractivity contribution in [3.63, 3.8) is 0 Å². The molecule has 0 aliphatic heterocycles. The standard InChI is InChI=1S/C14H22N2O4S/c1-19-13-8-12(9-14(10-13)20-2)16-21(17,18)7-3-6-15-11-4-5-11/h8-11,15-16H,3-7H2,1-2H3. The maximum Gasteiger partial charge on any atom is 0.232 e. The molecule has 0 bridgehead atoms. The van der Waals surface area contributed by atoms with Crippen LogP contribution in [0.3, 0.4) is 0 Å². The minimum absolute atomic E-state index is 0.0895. The molecule has 0 aromatic heterocycles. The average Bonchev–Trinajstić information content (AvgIpc) is 3.26. The van der Waals surface area contributed by atoms with E-state index in [1.165, 1.54) is 27.1 Å². The zero-order valence-electron chi connectivity index (χ0n) is 12.4. The summed E-state index contributed by atoms with van der Waals surface area (Å²) in [6.45, 7) is 0.729. The molecule has 1 aliphatic carbocycles. The Morgan fingerprint density at radius 1 is 1.14 bits per heavy atom. The maximum absolute atomic E-state index is 12.0. The number of anilines is 1. The SMILES string of the molecule is COc1cc(NS(=O)(=O)CCCNC2CC2)cc(OC)c1. The highest BCUT2D eigenvalue weighted by Crippen LogP contribution is 2.26. The Hall–Kier alpha value is -1.47. The molecular weight excluding hydrogens is 292 g/mol. The largest absolute Gasteiger partial charge is 0.497 e. The third kappa shape index (κ3) is 5.43. The molecule has 7 heteroatoms. The highest BCUT2D eigenvalue weighted by atomic mass is 32.2. The molecule has 0 saturated heterocycles. The minimum Gasteiger partial charge on any atom is -0.497 e. The van der Waals surface area contributed by atoms with Crippen molar-refractivity contribution < 1.29 is 17.9 Å². The average molecular weight is 314 g/mol. The maximum atomic E-state index is 12.0. The van der Waals surface area contributed by atoms with E-state index in [1.54, 1.807) is 18.2 Å². The summed E-state index contributed by atoms with van der Waals surface area (Å²) in [5.41, 5.74) is 0.446. The van der Waals surface area contributed by atoms with Gasteiger partial charge in [0.25, 0.3) is 0 Å². The molecule has 0 heterocycles. The van der Waals surface area contributed by atoms with E-state index in [4.69, 9.17) is 9.47 Å². The highest BCUT2D eigenvalue weighted by molar-refractivity contribution is 7.92. The van der Waals surface area contributed by atoms with Gasteiger partial charge in [-0.3, -0.25) is 4.72 Å². The van der Waals surface area contributed by atoms with E-state index in [1.807, 2.05) is 0 Å². The van der Waals surface area contributed by atoms with Crippen molar-refractivity contribution in [1.29, 1.82) is 0 Å². The molecule has 0 amide bonds. The molecule has 118 valence electrons. The predicted molar refractivity (Wildman–Crippen MR) is 82.6 cm³/mol. The Bertz CT molecular complexity index is 548. The van der Waals surface area contributed by atoms with Gasteiger partial charge in [-0.15, -0.1) is 0 Å². The number of sulfonamides is 1. The molecule has 1 saturated carbocycles. The van der Waals surface area contributed by atoms with Gasteiger partial charge in [0.2, 0.25) is 10.0 Å². The number of hydrogen-bond donors (Lipinski definition) is 2. The van der Waals surface area contributed by atoms with E-state index in [0.717, 1.165) is 6.54 Å². The number of rotatable bonds is 9. The highest BCUT2D eigenvalue weighted by Gasteiger charge is 2.20. The molecule has 0 radical (unpaired) electrons. The van der Waals surface area contributed by atoms with Crippen LogP contribution in [0.5, 0.6) is 11.5 Å². The fourth-order valence-electron chi connectivity index (χ4n) is 1.95. The summed E-state index contributed by atoms with van der Waals surface area (Å²) in [5.74, 6) is 1.18. The van der Waals surface area contributed by atoms with Gasteiger partial charge in [0.05, 0.1) is 25.7 Å². The molecule has 21 heavy (non-hydrogen) atoms. The normalized spacial score (nSPS) is 14.8. The first-order chi connectivity index (χ1) is 10.0. The van der Waals surface area contributed by atoms with Crippen LogP contribution in [0.4, 0.5) is 5.69 Å². The summed E-state index contributed by atoms with van der Waals surface area (Å²) in [7, 11) is -0.314. The van der Waals surface area contributed by atoms with Crippen molar-refractivity contribution in [1.82, 2.24) is 5.32 Å². The van der Waals surface area contributed by atoms with Crippen LogP contribution in [0.2, 0.25) is 0 Å². The van der Waals surface area contributed by atoms with Crippen molar-refractivity contribution in [3.8, 4) is 11.5 Å². The summed E-state index contributed by atoms with van der Waals surface area (Å²) < 4.78 is 36.9. The summed E-state index contributed by atoms with van der Waals surface area (Å²) in [6, 6.07) is 5.55. The fraction of sp³-hybridized carbons (Fsp3) is 0.571. The molecule has 2 N–H and O–H groups in total.